The van der Waals surface area contributed by atoms with Crippen molar-refractivity contribution in [3.05, 3.63) is 33.8 Å². The highest BCUT2D eigenvalue weighted by molar-refractivity contribution is 9.10. The molecule has 0 saturated carbocycles. The van der Waals surface area contributed by atoms with Gasteiger partial charge in [-0.05, 0) is 41.9 Å². The van der Waals surface area contributed by atoms with Crippen LogP contribution >= 0.6 is 15.9 Å². The standard InChI is InChI=1S/C11H15BrF2N2O/c1-11(2,17-3)10(16-15)8-7(13)5-4-6(12)9(8)14/h4-5,10,16H,15H2,1-3H3. The summed E-state index contributed by atoms with van der Waals surface area (Å²) in [6, 6.07) is 1.69. The van der Waals surface area contributed by atoms with E-state index in [4.69, 9.17) is 10.6 Å². The van der Waals surface area contributed by atoms with Crippen molar-refractivity contribution in [1.82, 2.24) is 5.43 Å². The molecule has 96 valence electrons. The number of ether oxygens (including phenoxy) is 1. The lowest BCUT2D eigenvalue weighted by molar-refractivity contribution is -0.0131. The molecule has 17 heavy (non-hydrogen) atoms. The zero-order chi connectivity index (χ0) is 13.2. The van der Waals surface area contributed by atoms with Gasteiger partial charge in [0.1, 0.15) is 11.6 Å². The van der Waals surface area contributed by atoms with E-state index < -0.39 is 23.3 Å². The maximum atomic E-state index is 13.9. The van der Waals surface area contributed by atoms with E-state index >= 15 is 0 Å². The average molecular weight is 309 g/mol. The van der Waals surface area contributed by atoms with Gasteiger partial charge in [0, 0.05) is 12.7 Å². The Balaban J connectivity index is 3.35. The van der Waals surface area contributed by atoms with Gasteiger partial charge in [0.2, 0.25) is 0 Å². The lowest BCUT2D eigenvalue weighted by Gasteiger charge is -2.33. The summed E-state index contributed by atoms with van der Waals surface area (Å²) in [5.74, 6) is 4.03. The van der Waals surface area contributed by atoms with Crippen LogP contribution in [0.15, 0.2) is 16.6 Å². The summed E-state index contributed by atoms with van der Waals surface area (Å²) in [4.78, 5) is 0. The second-order valence-electron chi connectivity index (χ2n) is 4.16. The van der Waals surface area contributed by atoms with Crippen LogP contribution in [0.4, 0.5) is 8.78 Å². The van der Waals surface area contributed by atoms with Gasteiger partial charge in [-0.3, -0.25) is 5.84 Å². The summed E-state index contributed by atoms with van der Waals surface area (Å²) in [7, 11) is 1.46. The Labute approximate surface area is 107 Å². The fourth-order valence-electron chi connectivity index (χ4n) is 1.56. The average Bonchev–Trinajstić information content (AvgIpc) is 2.29. The van der Waals surface area contributed by atoms with Gasteiger partial charge in [0.25, 0.3) is 0 Å². The molecule has 1 aromatic rings. The molecule has 0 spiro atoms. The van der Waals surface area contributed by atoms with Crippen molar-refractivity contribution in [2.45, 2.75) is 25.5 Å². The molecule has 0 fully saturated rings. The van der Waals surface area contributed by atoms with Gasteiger partial charge in [-0.25, -0.2) is 14.2 Å². The topological polar surface area (TPSA) is 47.3 Å². The van der Waals surface area contributed by atoms with Crippen molar-refractivity contribution < 1.29 is 13.5 Å². The van der Waals surface area contributed by atoms with E-state index in [0.717, 1.165) is 0 Å². The molecule has 0 saturated heterocycles. The number of halogens is 3. The Morgan fingerprint density at radius 2 is 2.00 bits per heavy atom. The monoisotopic (exact) mass is 308 g/mol. The minimum absolute atomic E-state index is 0.145. The third-order valence-electron chi connectivity index (χ3n) is 2.76. The molecule has 0 aromatic heterocycles. The van der Waals surface area contributed by atoms with Crippen molar-refractivity contribution in [2.24, 2.45) is 5.84 Å². The van der Waals surface area contributed by atoms with Crippen molar-refractivity contribution in [3.63, 3.8) is 0 Å². The molecular weight excluding hydrogens is 294 g/mol. The molecule has 1 atom stereocenters. The lowest BCUT2D eigenvalue weighted by atomic mass is 9.91. The van der Waals surface area contributed by atoms with Crippen LogP contribution in [-0.4, -0.2) is 12.7 Å². The first-order valence-electron chi connectivity index (χ1n) is 4.99. The van der Waals surface area contributed by atoms with Crippen molar-refractivity contribution in [1.29, 1.82) is 0 Å². The highest BCUT2D eigenvalue weighted by Gasteiger charge is 2.34. The maximum Gasteiger partial charge on any atom is 0.145 e. The van der Waals surface area contributed by atoms with Gasteiger partial charge in [0.15, 0.2) is 0 Å². The quantitative estimate of drug-likeness (QED) is 0.511. The van der Waals surface area contributed by atoms with Crippen LogP contribution in [0.25, 0.3) is 0 Å². The van der Waals surface area contributed by atoms with Crippen LogP contribution in [-0.2, 0) is 4.74 Å². The smallest absolute Gasteiger partial charge is 0.145 e. The van der Waals surface area contributed by atoms with E-state index in [-0.39, 0.29) is 10.0 Å². The first-order valence-corrected chi connectivity index (χ1v) is 5.79. The first kappa shape index (κ1) is 14.5. The Kier molecular flexibility index (Phi) is 4.60. The van der Waals surface area contributed by atoms with Crippen LogP contribution < -0.4 is 11.3 Å². The zero-order valence-electron chi connectivity index (χ0n) is 9.85. The number of rotatable bonds is 4. The number of nitrogens with two attached hydrogens (primary N) is 1. The number of hydrazine groups is 1. The van der Waals surface area contributed by atoms with Gasteiger partial charge in [-0.2, -0.15) is 0 Å². The predicted octanol–water partition coefficient (Wildman–Crippen LogP) is 2.66. The predicted molar refractivity (Wildman–Crippen MR) is 65.2 cm³/mol. The van der Waals surface area contributed by atoms with Gasteiger partial charge in [-0.1, -0.05) is 0 Å². The molecule has 0 aliphatic rings. The number of nitrogens with one attached hydrogen (secondary N) is 1. The lowest BCUT2D eigenvalue weighted by Crippen LogP contribution is -2.44. The van der Waals surface area contributed by atoms with Crippen molar-refractivity contribution in [2.75, 3.05) is 7.11 Å². The van der Waals surface area contributed by atoms with Crippen LogP contribution in [0.1, 0.15) is 25.5 Å². The summed E-state index contributed by atoms with van der Waals surface area (Å²) in [5, 5.41) is 0. The van der Waals surface area contributed by atoms with Crippen molar-refractivity contribution in [3.8, 4) is 0 Å². The SMILES string of the molecule is COC(C)(C)C(NN)c1c(F)ccc(Br)c1F. The van der Waals surface area contributed by atoms with Crippen LogP contribution in [0.5, 0.6) is 0 Å². The largest absolute Gasteiger partial charge is 0.377 e. The van der Waals surface area contributed by atoms with Crippen LogP contribution in [0, 0.1) is 11.6 Å². The van der Waals surface area contributed by atoms with Gasteiger partial charge in [-0.15, -0.1) is 0 Å². The molecule has 0 amide bonds. The maximum absolute atomic E-state index is 13.9. The fraction of sp³-hybridized carbons (Fsp3) is 0.455. The number of benzene rings is 1. The number of hydrogen-bond donors (Lipinski definition) is 2. The van der Waals surface area contributed by atoms with E-state index in [1.807, 2.05) is 0 Å². The molecule has 0 aliphatic carbocycles. The van der Waals surface area contributed by atoms with E-state index in [1.165, 1.54) is 19.2 Å². The highest BCUT2D eigenvalue weighted by atomic mass is 79.9. The molecule has 6 heteroatoms. The Morgan fingerprint density at radius 3 is 2.47 bits per heavy atom. The van der Waals surface area contributed by atoms with Gasteiger partial charge < -0.3 is 4.74 Å². The minimum Gasteiger partial charge on any atom is -0.377 e. The molecule has 0 aliphatic heterocycles. The third kappa shape index (κ3) is 2.82. The van der Waals surface area contributed by atoms with Crippen LogP contribution in [0.3, 0.4) is 0 Å². The van der Waals surface area contributed by atoms with E-state index in [0.29, 0.717) is 0 Å². The second-order valence-corrected chi connectivity index (χ2v) is 5.02. The molecular formula is C11H15BrF2N2O. The van der Waals surface area contributed by atoms with Crippen molar-refractivity contribution >= 4 is 15.9 Å². The Bertz CT molecular complexity index is 413. The fourth-order valence-corrected chi connectivity index (χ4v) is 1.90. The molecule has 1 aromatic carbocycles. The van der Waals surface area contributed by atoms with E-state index in [2.05, 4.69) is 21.4 Å². The molecule has 1 unspecified atom stereocenters. The molecule has 3 nitrogen and oxygen atoms in total. The van der Waals surface area contributed by atoms with Gasteiger partial charge in [0.05, 0.1) is 16.1 Å². The molecule has 0 heterocycles. The first-order chi connectivity index (χ1) is 7.85. The van der Waals surface area contributed by atoms with Gasteiger partial charge >= 0.3 is 0 Å². The number of methoxy groups -OCH3 is 1. The van der Waals surface area contributed by atoms with E-state index in [1.54, 1.807) is 13.8 Å². The summed E-state index contributed by atoms with van der Waals surface area (Å²) >= 11 is 3.02. The molecule has 0 radical (unpaired) electrons. The summed E-state index contributed by atoms with van der Waals surface area (Å²) in [6.07, 6.45) is 0. The van der Waals surface area contributed by atoms with Crippen LogP contribution in [0.2, 0.25) is 0 Å². The Hall–Kier alpha value is -0.560. The Morgan fingerprint density at radius 1 is 1.41 bits per heavy atom. The summed E-state index contributed by atoms with van der Waals surface area (Å²) < 4.78 is 33.0. The summed E-state index contributed by atoms with van der Waals surface area (Å²) in [6.45, 7) is 3.38. The molecule has 0 bridgehead atoms. The minimum atomic E-state index is -0.850. The normalized spacial score (nSPS) is 13.8. The third-order valence-corrected chi connectivity index (χ3v) is 3.37. The molecule has 1 rings (SSSR count). The summed E-state index contributed by atoms with van der Waals surface area (Å²) in [5.41, 5.74) is 1.40. The number of hydrogen-bond acceptors (Lipinski definition) is 3. The molecule has 3 N–H and O–H groups in total. The highest BCUT2D eigenvalue weighted by Crippen LogP contribution is 2.33. The van der Waals surface area contributed by atoms with E-state index in [9.17, 15) is 8.78 Å². The zero-order valence-corrected chi connectivity index (χ0v) is 11.4. The second kappa shape index (κ2) is 5.39.